The van der Waals surface area contributed by atoms with E-state index in [9.17, 15) is 0 Å². The second kappa shape index (κ2) is 3.24. The van der Waals surface area contributed by atoms with Gasteiger partial charge in [-0.25, -0.2) is 0 Å². The van der Waals surface area contributed by atoms with Crippen LogP contribution in [-0.4, -0.2) is 7.05 Å². The summed E-state index contributed by atoms with van der Waals surface area (Å²) in [6.07, 6.45) is 1.85. The van der Waals surface area contributed by atoms with E-state index in [0.717, 1.165) is 5.56 Å². The number of benzene rings is 1. The molecule has 0 bridgehead atoms. The summed E-state index contributed by atoms with van der Waals surface area (Å²) >= 11 is 0. The minimum Gasteiger partial charge on any atom is -0.388 e. The summed E-state index contributed by atoms with van der Waals surface area (Å²) in [4.78, 5) is 0. The molecule has 11 heavy (non-hydrogen) atoms. The third-order valence-electron chi connectivity index (χ3n) is 1.77. The zero-order chi connectivity index (χ0) is 8.27. The Morgan fingerprint density at radius 2 is 2.18 bits per heavy atom. The van der Waals surface area contributed by atoms with Gasteiger partial charge in [0.2, 0.25) is 0 Å². The summed E-state index contributed by atoms with van der Waals surface area (Å²) in [6, 6.07) is 6.23. The average molecular weight is 147 g/mol. The van der Waals surface area contributed by atoms with Crippen molar-refractivity contribution in [3.05, 3.63) is 35.9 Å². The highest BCUT2D eigenvalue weighted by molar-refractivity contribution is 5.59. The molecule has 1 aromatic carbocycles. The number of nitrogens with one attached hydrogen (secondary N) is 1. The van der Waals surface area contributed by atoms with Crippen molar-refractivity contribution >= 4 is 11.8 Å². The molecule has 1 nitrogen and oxygen atoms in total. The Kier molecular flexibility index (Phi) is 2.32. The monoisotopic (exact) mass is 147 g/mol. The predicted octanol–water partition coefficient (Wildman–Crippen LogP) is 2.68. The summed E-state index contributed by atoms with van der Waals surface area (Å²) in [5.74, 6) is 0. The maximum atomic E-state index is 3.71. The van der Waals surface area contributed by atoms with Crippen molar-refractivity contribution in [1.82, 2.24) is 0 Å². The Morgan fingerprint density at radius 3 is 2.73 bits per heavy atom. The molecule has 0 aliphatic heterocycles. The van der Waals surface area contributed by atoms with Crippen molar-refractivity contribution in [3.8, 4) is 0 Å². The molecule has 0 spiro atoms. The molecule has 0 saturated carbocycles. The largest absolute Gasteiger partial charge is 0.388 e. The fourth-order valence-electron chi connectivity index (χ4n) is 1.04. The van der Waals surface area contributed by atoms with Gasteiger partial charge in [0.15, 0.2) is 0 Å². The van der Waals surface area contributed by atoms with Crippen molar-refractivity contribution in [2.24, 2.45) is 0 Å². The van der Waals surface area contributed by atoms with Crippen LogP contribution in [0.1, 0.15) is 11.1 Å². The zero-order valence-electron chi connectivity index (χ0n) is 7.02. The smallest absolute Gasteiger partial charge is 0.0373 e. The van der Waals surface area contributed by atoms with Crippen LogP contribution >= 0.6 is 0 Å². The second-order valence-electron chi connectivity index (χ2n) is 2.53. The van der Waals surface area contributed by atoms with Crippen LogP contribution in [0.25, 0.3) is 6.08 Å². The van der Waals surface area contributed by atoms with Gasteiger partial charge in [-0.1, -0.05) is 24.8 Å². The zero-order valence-corrected chi connectivity index (χ0v) is 7.02. The first-order chi connectivity index (χ1) is 5.27. The standard InChI is InChI=1S/C10H13N/c1-4-9-6-5-8(2)10(7-9)11-3/h4-7,11H,1H2,2-3H3. The molecule has 0 fully saturated rings. The van der Waals surface area contributed by atoms with Gasteiger partial charge in [-0.3, -0.25) is 0 Å². The molecule has 0 unspecified atom stereocenters. The molecule has 0 saturated heterocycles. The SMILES string of the molecule is C=Cc1ccc(C)c(NC)c1. The Bertz CT molecular complexity index is 264. The molecule has 0 aliphatic rings. The van der Waals surface area contributed by atoms with Crippen LogP contribution in [-0.2, 0) is 0 Å². The highest BCUT2D eigenvalue weighted by Crippen LogP contribution is 2.16. The molecule has 1 rings (SSSR count). The van der Waals surface area contributed by atoms with Gasteiger partial charge in [0.25, 0.3) is 0 Å². The molecule has 1 heteroatoms. The summed E-state index contributed by atoms with van der Waals surface area (Å²) < 4.78 is 0. The van der Waals surface area contributed by atoms with Crippen LogP contribution in [0.15, 0.2) is 24.8 Å². The number of rotatable bonds is 2. The van der Waals surface area contributed by atoms with Crippen molar-refractivity contribution in [1.29, 1.82) is 0 Å². The average Bonchev–Trinajstić information content (AvgIpc) is 2.05. The van der Waals surface area contributed by atoms with Crippen LogP contribution in [0.4, 0.5) is 5.69 Å². The summed E-state index contributed by atoms with van der Waals surface area (Å²) in [5.41, 5.74) is 3.58. The third kappa shape index (κ3) is 1.61. The number of anilines is 1. The first kappa shape index (κ1) is 7.86. The number of aryl methyl sites for hydroxylation is 1. The lowest BCUT2D eigenvalue weighted by Gasteiger charge is -2.04. The molecule has 1 N–H and O–H groups in total. The van der Waals surface area contributed by atoms with Crippen molar-refractivity contribution in [3.63, 3.8) is 0 Å². The number of hydrogen-bond donors (Lipinski definition) is 1. The van der Waals surface area contributed by atoms with Crippen LogP contribution in [0.5, 0.6) is 0 Å². The molecule has 0 heterocycles. The minimum absolute atomic E-state index is 1.15. The first-order valence-electron chi connectivity index (χ1n) is 3.68. The van der Waals surface area contributed by atoms with E-state index in [1.807, 2.05) is 13.1 Å². The fourth-order valence-corrected chi connectivity index (χ4v) is 1.04. The Hall–Kier alpha value is -1.24. The van der Waals surface area contributed by atoms with E-state index in [2.05, 4.69) is 37.0 Å². The maximum absolute atomic E-state index is 3.71. The normalized spacial score (nSPS) is 9.27. The van der Waals surface area contributed by atoms with Gasteiger partial charge >= 0.3 is 0 Å². The van der Waals surface area contributed by atoms with E-state index in [0.29, 0.717) is 0 Å². The highest BCUT2D eigenvalue weighted by atomic mass is 14.8. The van der Waals surface area contributed by atoms with Gasteiger partial charge in [0, 0.05) is 12.7 Å². The Labute approximate surface area is 67.8 Å². The Morgan fingerprint density at radius 1 is 1.45 bits per heavy atom. The molecule has 0 radical (unpaired) electrons. The van der Waals surface area contributed by atoms with Crippen LogP contribution in [0.3, 0.4) is 0 Å². The maximum Gasteiger partial charge on any atom is 0.0373 e. The highest BCUT2D eigenvalue weighted by Gasteiger charge is 1.94. The fraction of sp³-hybridized carbons (Fsp3) is 0.200. The molecule has 58 valence electrons. The molecule has 0 atom stereocenters. The quantitative estimate of drug-likeness (QED) is 0.678. The first-order valence-corrected chi connectivity index (χ1v) is 3.68. The summed E-state index contributed by atoms with van der Waals surface area (Å²) in [6.45, 7) is 5.79. The van der Waals surface area contributed by atoms with Gasteiger partial charge in [0.05, 0.1) is 0 Å². The minimum atomic E-state index is 1.15. The summed E-state index contributed by atoms with van der Waals surface area (Å²) in [7, 11) is 1.93. The van der Waals surface area contributed by atoms with Crippen molar-refractivity contribution in [2.75, 3.05) is 12.4 Å². The van der Waals surface area contributed by atoms with Crippen LogP contribution < -0.4 is 5.32 Å². The predicted molar refractivity (Wildman–Crippen MR) is 50.8 cm³/mol. The van der Waals surface area contributed by atoms with E-state index < -0.39 is 0 Å². The molecule has 1 aromatic rings. The lowest BCUT2D eigenvalue weighted by atomic mass is 10.1. The molecule has 0 aliphatic carbocycles. The van der Waals surface area contributed by atoms with Gasteiger partial charge in [-0.05, 0) is 24.1 Å². The lowest BCUT2D eigenvalue weighted by molar-refractivity contribution is 1.40. The molecule has 0 amide bonds. The van der Waals surface area contributed by atoms with E-state index in [1.54, 1.807) is 0 Å². The van der Waals surface area contributed by atoms with Gasteiger partial charge in [0.1, 0.15) is 0 Å². The summed E-state index contributed by atoms with van der Waals surface area (Å²) in [5, 5.41) is 3.12. The van der Waals surface area contributed by atoms with Crippen LogP contribution in [0.2, 0.25) is 0 Å². The van der Waals surface area contributed by atoms with Crippen molar-refractivity contribution < 1.29 is 0 Å². The Balaban J connectivity index is 3.12. The molecular weight excluding hydrogens is 134 g/mol. The van der Waals surface area contributed by atoms with Gasteiger partial charge in [-0.15, -0.1) is 0 Å². The van der Waals surface area contributed by atoms with Gasteiger partial charge < -0.3 is 5.32 Å². The topological polar surface area (TPSA) is 12.0 Å². The van der Waals surface area contributed by atoms with E-state index >= 15 is 0 Å². The third-order valence-corrected chi connectivity index (χ3v) is 1.77. The second-order valence-corrected chi connectivity index (χ2v) is 2.53. The van der Waals surface area contributed by atoms with Crippen molar-refractivity contribution in [2.45, 2.75) is 6.92 Å². The number of hydrogen-bond acceptors (Lipinski definition) is 1. The van der Waals surface area contributed by atoms with E-state index in [1.165, 1.54) is 11.3 Å². The molecular formula is C10H13N. The van der Waals surface area contributed by atoms with Crippen LogP contribution in [0, 0.1) is 6.92 Å². The van der Waals surface area contributed by atoms with E-state index in [4.69, 9.17) is 0 Å². The lowest BCUT2D eigenvalue weighted by Crippen LogP contribution is -1.91. The van der Waals surface area contributed by atoms with Gasteiger partial charge in [-0.2, -0.15) is 0 Å². The van der Waals surface area contributed by atoms with E-state index in [-0.39, 0.29) is 0 Å². The molecule has 0 aromatic heterocycles.